The van der Waals surface area contributed by atoms with Gasteiger partial charge in [0.25, 0.3) is 0 Å². The molecule has 0 saturated heterocycles. The zero-order valence-corrected chi connectivity index (χ0v) is 16.4. The largest absolute Gasteiger partial charge is 0.386 e. The molecule has 0 aliphatic heterocycles. The summed E-state index contributed by atoms with van der Waals surface area (Å²) in [6, 6.07) is 7.91. The monoisotopic (exact) mass is 349 g/mol. The molecule has 0 aliphatic rings. The SMILES string of the molecule is CCNC(=NCC(O)c1ccc(C)cc1)NCCC(OCC)C(C)C. The van der Waals surface area contributed by atoms with Crippen LogP contribution in [0, 0.1) is 12.8 Å². The second kappa shape index (κ2) is 11.9. The minimum atomic E-state index is -0.595. The van der Waals surface area contributed by atoms with Crippen LogP contribution in [0.5, 0.6) is 0 Å². The Balaban J connectivity index is 2.53. The van der Waals surface area contributed by atoms with Crippen LogP contribution in [0.15, 0.2) is 29.3 Å². The zero-order valence-electron chi connectivity index (χ0n) is 16.4. The predicted octanol–water partition coefficient (Wildman–Crippen LogP) is 3.03. The molecular formula is C20H35N3O2. The second-order valence-electron chi connectivity index (χ2n) is 6.60. The quantitative estimate of drug-likeness (QED) is 0.449. The smallest absolute Gasteiger partial charge is 0.191 e. The van der Waals surface area contributed by atoms with Gasteiger partial charge in [0.1, 0.15) is 0 Å². The first-order valence-corrected chi connectivity index (χ1v) is 9.36. The Labute approximate surface area is 152 Å². The van der Waals surface area contributed by atoms with Crippen molar-refractivity contribution < 1.29 is 9.84 Å². The molecule has 0 radical (unpaired) electrons. The molecule has 0 spiro atoms. The highest BCUT2D eigenvalue weighted by Crippen LogP contribution is 2.14. The maximum Gasteiger partial charge on any atom is 0.191 e. The first kappa shape index (κ1) is 21.5. The highest BCUT2D eigenvalue weighted by molar-refractivity contribution is 5.79. The Morgan fingerprint density at radius 3 is 2.40 bits per heavy atom. The number of nitrogens with zero attached hydrogens (tertiary/aromatic N) is 1. The number of aliphatic hydroxyl groups excluding tert-OH is 1. The lowest BCUT2D eigenvalue weighted by Gasteiger charge is -2.21. The van der Waals surface area contributed by atoms with Crippen molar-refractivity contribution in [1.29, 1.82) is 0 Å². The van der Waals surface area contributed by atoms with Crippen molar-refractivity contribution in [2.45, 2.75) is 53.2 Å². The standard InChI is InChI=1S/C20H35N3O2/c1-6-21-20(22-13-12-19(15(3)4)25-7-2)23-14-18(24)17-10-8-16(5)9-11-17/h8-11,15,18-19,24H,6-7,12-14H2,1-5H3,(H2,21,22,23). The third kappa shape index (κ3) is 8.36. The number of hydrogen-bond acceptors (Lipinski definition) is 3. The summed E-state index contributed by atoms with van der Waals surface area (Å²) in [6.07, 6.45) is 0.581. The molecule has 2 atom stereocenters. The Bertz CT molecular complexity index is 500. The number of ether oxygens (including phenoxy) is 1. The van der Waals surface area contributed by atoms with E-state index in [0.717, 1.165) is 37.6 Å². The van der Waals surface area contributed by atoms with Crippen LogP contribution in [0.1, 0.15) is 51.3 Å². The van der Waals surface area contributed by atoms with Gasteiger partial charge in [-0.1, -0.05) is 43.7 Å². The van der Waals surface area contributed by atoms with Crippen LogP contribution >= 0.6 is 0 Å². The lowest BCUT2D eigenvalue weighted by atomic mass is 10.0. The average molecular weight is 350 g/mol. The fourth-order valence-corrected chi connectivity index (χ4v) is 2.57. The molecule has 0 heterocycles. The lowest BCUT2D eigenvalue weighted by Crippen LogP contribution is -2.39. The highest BCUT2D eigenvalue weighted by Gasteiger charge is 2.13. The lowest BCUT2D eigenvalue weighted by molar-refractivity contribution is 0.0258. The molecule has 5 nitrogen and oxygen atoms in total. The van der Waals surface area contributed by atoms with Gasteiger partial charge in [0, 0.05) is 19.7 Å². The molecule has 0 fully saturated rings. The molecule has 0 aromatic heterocycles. The molecule has 1 aromatic rings. The first-order chi connectivity index (χ1) is 12.0. The minimum absolute atomic E-state index is 0.249. The van der Waals surface area contributed by atoms with E-state index in [1.165, 1.54) is 5.56 Å². The number of aliphatic hydroxyl groups is 1. The maximum absolute atomic E-state index is 10.3. The summed E-state index contributed by atoms with van der Waals surface area (Å²) < 4.78 is 5.77. The minimum Gasteiger partial charge on any atom is -0.386 e. The van der Waals surface area contributed by atoms with E-state index < -0.39 is 6.10 Å². The van der Waals surface area contributed by atoms with Crippen LogP contribution in [0.4, 0.5) is 0 Å². The number of aliphatic imine (C=N–C) groups is 1. The van der Waals surface area contributed by atoms with Gasteiger partial charge < -0.3 is 20.5 Å². The summed E-state index contributed by atoms with van der Waals surface area (Å²) in [4.78, 5) is 4.50. The molecule has 142 valence electrons. The fraction of sp³-hybridized carbons (Fsp3) is 0.650. The van der Waals surface area contributed by atoms with Gasteiger partial charge in [-0.25, -0.2) is 0 Å². The molecular weight excluding hydrogens is 314 g/mol. The van der Waals surface area contributed by atoms with Crippen molar-refractivity contribution in [1.82, 2.24) is 10.6 Å². The van der Waals surface area contributed by atoms with Crippen LogP contribution in [-0.4, -0.2) is 43.4 Å². The highest BCUT2D eigenvalue weighted by atomic mass is 16.5. The molecule has 0 bridgehead atoms. The van der Waals surface area contributed by atoms with Crippen molar-refractivity contribution in [3.8, 4) is 0 Å². The fourth-order valence-electron chi connectivity index (χ4n) is 2.57. The Kier molecular flexibility index (Phi) is 10.2. The van der Waals surface area contributed by atoms with E-state index in [2.05, 4.69) is 29.5 Å². The normalized spacial score (nSPS) is 14.4. The van der Waals surface area contributed by atoms with Gasteiger partial charge in [-0.15, -0.1) is 0 Å². The number of benzene rings is 1. The van der Waals surface area contributed by atoms with Crippen molar-refractivity contribution >= 4 is 5.96 Å². The van der Waals surface area contributed by atoms with E-state index in [1.54, 1.807) is 0 Å². The van der Waals surface area contributed by atoms with Crippen LogP contribution in [0.3, 0.4) is 0 Å². The van der Waals surface area contributed by atoms with Crippen LogP contribution < -0.4 is 10.6 Å². The van der Waals surface area contributed by atoms with Gasteiger partial charge >= 0.3 is 0 Å². The average Bonchev–Trinajstić information content (AvgIpc) is 2.59. The van der Waals surface area contributed by atoms with Crippen molar-refractivity contribution in [3.05, 3.63) is 35.4 Å². The summed E-state index contributed by atoms with van der Waals surface area (Å²) in [7, 11) is 0. The molecule has 5 heteroatoms. The van der Waals surface area contributed by atoms with E-state index in [4.69, 9.17) is 4.74 Å². The van der Waals surface area contributed by atoms with Crippen LogP contribution in [0.25, 0.3) is 0 Å². The van der Waals surface area contributed by atoms with Crippen molar-refractivity contribution in [3.63, 3.8) is 0 Å². The second-order valence-corrected chi connectivity index (χ2v) is 6.60. The van der Waals surface area contributed by atoms with E-state index >= 15 is 0 Å². The number of nitrogens with one attached hydrogen (secondary N) is 2. The van der Waals surface area contributed by atoms with Gasteiger partial charge in [-0.2, -0.15) is 0 Å². The third-order valence-electron chi connectivity index (χ3n) is 4.07. The van der Waals surface area contributed by atoms with E-state index in [-0.39, 0.29) is 6.10 Å². The van der Waals surface area contributed by atoms with Crippen LogP contribution in [0.2, 0.25) is 0 Å². The molecule has 0 saturated carbocycles. The first-order valence-electron chi connectivity index (χ1n) is 9.36. The molecule has 2 unspecified atom stereocenters. The number of guanidine groups is 1. The van der Waals surface area contributed by atoms with E-state index in [1.807, 2.05) is 45.0 Å². The topological polar surface area (TPSA) is 65.9 Å². The summed E-state index contributed by atoms with van der Waals surface area (Å²) in [5.74, 6) is 1.22. The molecule has 0 amide bonds. The summed E-state index contributed by atoms with van der Waals surface area (Å²) in [5.41, 5.74) is 2.07. The van der Waals surface area contributed by atoms with Crippen molar-refractivity contribution in [2.24, 2.45) is 10.9 Å². The molecule has 1 aromatic carbocycles. The number of rotatable bonds is 10. The number of hydrogen-bond donors (Lipinski definition) is 3. The van der Waals surface area contributed by atoms with Gasteiger partial charge in [-0.05, 0) is 38.7 Å². The molecule has 0 aliphatic carbocycles. The Morgan fingerprint density at radius 2 is 1.84 bits per heavy atom. The molecule has 3 N–H and O–H groups in total. The maximum atomic E-state index is 10.3. The van der Waals surface area contributed by atoms with Gasteiger partial charge in [0.15, 0.2) is 5.96 Å². The number of aryl methyl sites for hydroxylation is 1. The Hall–Kier alpha value is -1.59. The van der Waals surface area contributed by atoms with E-state index in [9.17, 15) is 5.11 Å². The van der Waals surface area contributed by atoms with Gasteiger partial charge in [0.2, 0.25) is 0 Å². The zero-order chi connectivity index (χ0) is 18.7. The predicted molar refractivity (Wildman–Crippen MR) is 105 cm³/mol. The van der Waals surface area contributed by atoms with Gasteiger partial charge in [0.05, 0.1) is 18.8 Å². The summed E-state index contributed by atoms with van der Waals surface area (Å²) >= 11 is 0. The summed E-state index contributed by atoms with van der Waals surface area (Å²) in [5, 5.41) is 16.9. The molecule has 25 heavy (non-hydrogen) atoms. The molecule has 1 rings (SSSR count). The summed E-state index contributed by atoms with van der Waals surface area (Å²) in [6.45, 7) is 13.1. The van der Waals surface area contributed by atoms with Crippen molar-refractivity contribution in [2.75, 3.05) is 26.2 Å². The van der Waals surface area contributed by atoms with Crippen LogP contribution in [-0.2, 0) is 4.74 Å². The Morgan fingerprint density at radius 1 is 1.16 bits per heavy atom. The van der Waals surface area contributed by atoms with E-state index in [0.29, 0.717) is 12.5 Å². The third-order valence-corrected chi connectivity index (χ3v) is 4.07. The van der Waals surface area contributed by atoms with Gasteiger partial charge in [-0.3, -0.25) is 4.99 Å².